The Hall–Kier alpha value is -2.56. The highest BCUT2D eigenvalue weighted by molar-refractivity contribution is 6.76. The first-order valence-electron chi connectivity index (χ1n) is 10.4. The fourth-order valence-electron chi connectivity index (χ4n) is 3.70. The molecule has 184 valence electrons. The number of carbonyl (C=O) groups excluding carboxylic acids is 1. The summed E-state index contributed by atoms with van der Waals surface area (Å²) in [6.45, 7) is 0.0214. The van der Waals surface area contributed by atoms with E-state index in [0.29, 0.717) is 0 Å². The van der Waals surface area contributed by atoms with Gasteiger partial charge in [-0.3, -0.25) is 5.41 Å². The highest BCUT2D eigenvalue weighted by Gasteiger charge is 2.53. The normalized spacial score (nSPS) is 28.2. The Labute approximate surface area is 215 Å². The maximum Gasteiger partial charge on any atom is 0.338 e. The van der Waals surface area contributed by atoms with Crippen LogP contribution in [-0.2, 0) is 23.7 Å². The fourth-order valence-corrected chi connectivity index (χ4v) is 3.84. The van der Waals surface area contributed by atoms with E-state index >= 15 is 0 Å². The number of carbonyl (C=O) groups is 1. The number of nitrogens with zero attached hydrogens (tertiary/aromatic N) is 3. The van der Waals surface area contributed by atoms with Crippen molar-refractivity contribution >= 4 is 46.7 Å². The van der Waals surface area contributed by atoms with Crippen molar-refractivity contribution in [2.24, 2.45) is 5.11 Å². The van der Waals surface area contributed by atoms with E-state index in [4.69, 9.17) is 63.9 Å². The van der Waals surface area contributed by atoms with Crippen molar-refractivity contribution in [2.45, 2.75) is 40.7 Å². The van der Waals surface area contributed by atoms with Gasteiger partial charge < -0.3 is 23.7 Å². The number of hydrogen-bond acceptors (Lipinski definition) is 8. The maximum absolute atomic E-state index is 12.9. The fraction of sp³-hybridized carbons (Fsp3) is 0.364. The Kier molecular flexibility index (Phi) is 8.03. The SMILES string of the molecule is [N-]=[N+]=N[C@H]1C(OC(=N)C(Cl)(Cl)Cl)O[C@@H]2COC(c3ccccc3)O[C@@H]2[C@@H]1OC(=O)c1ccccc1. The van der Waals surface area contributed by atoms with Gasteiger partial charge in [0.25, 0.3) is 3.79 Å². The predicted molar refractivity (Wildman–Crippen MR) is 126 cm³/mol. The molecule has 2 aromatic carbocycles. The van der Waals surface area contributed by atoms with Gasteiger partial charge in [0.05, 0.1) is 12.2 Å². The van der Waals surface area contributed by atoms with Gasteiger partial charge in [-0.25, -0.2) is 4.79 Å². The molecule has 10 nitrogen and oxygen atoms in total. The van der Waals surface area contributed by atoms with E-state index in [-0.39, 0.29) is 12.2 Å². The van der Waals surface area contributed by atoms with Crippen LogP contribution >= 0.6 is 34.8 Å². The minimum atomic E-state index is -2.20. The minimum absolute atomic E-state index is 0.0214. The third-order valence-electron chi connectivity index (χ3n) is 5.31. The number of benzene rings is 2. The molecule has 13 heteroatoms. The second-order valence-electron chi connectivity index (χ2n) is 7.60. The van der Waals surface area contributed by atoms with Gasteiger partial charge in [0.2, 0.25) is 12.2 Å². The van der Waals surface area contributed by atoms with Crippen LogP contribution in [0.15, 0.2) is 65.8 Å². The Bertz CT molecular complexity index is 1100. The number of alkyl halides is 3. The lowest BCUT2D eigenvalue weighted by Gasteiger charge is -2.47. The van der Waals surface area contributed by atoms with Gasteiger partial charge >= 0.3 is 5.97 Å². The van der Waals surface area contributed by atoms with Crippen molar-refractivity contribution in [3.8, 4) is 0 Å². The van der Waals surface area contributed by atoms with Gasteiger partial charge in [0.1, 0.15) is 24.4 Å². The summed E-state index contributed by atoms with van der Waals surface area (Å²) in [4.78, 5) is 15.8. The molecule has 2 aromatic rings. The standard InChI is InChI=1S/C22H19Cl3N4O6/c23-22(24,25)21(26)35-20-15(28-29-27)17(33-18(30)12-7-3-1-4-8-12)16-14(32-20)11-31-19(34-16)13-9-5-2-6-10-13/h1-10,14-17,19-20,26H,11H2/t14-,15-,16+,17-,19?,20?/m1/s1. The number of rotatable bonds is 5. The van der Waals surface area contributed by atoms with E-state index in [1.54, 1.807) is 30.3 Å². The molecule has 2 saturated heterocycles. The Morgan fingerprint density at radius 1 is 1.06 bits per heavy atom. The molecular formula is C22H19Cl3N4O6. The molecule has 0 amide bonds. The third-order valence-corrected chi connectivity index (χ3v) is 5.82. The van der Waals surface area contributed by atoms with E-state index in [0.717, 1.165) is 5.56 Å². The molecule has 0 radical (unpaired) electrons. The van der Waals surface area contributed by atoms with Gasteiger partial charge in [0.15, 0.2) is 6.29 Å². The molecule has 2 heterocycles. The molecule has 6 atom stereocenters. The summed E-state index contributed by atoms with van der Waals surface area (Å²) in [5.74, 6) is -1.45. The van der Waals surface area contributed by atoms with Crippen LogP contribution in [0.4, 0.5) is 0 Å². The Balaban J connectivity index is 1.66. The van der Waals surface area contributed by atoms with Crippen LogP contribution in [0.3, 0.4) is 0 Å². The highest BCUT2D eigenvalue weighted by atomic mass is 35.6. The molecule has 2 unspecified atom stereocenters. The molecule has 0 bridgehead atoms. The second-order valence-corrected chi connectivity index (χ2v) is 9.88. The van der Waals surface area contributed by atoms with Crippen LogP contribution in [0.25, 0.3) is 10.4 Å². The van der Waals surface area contributed by atoms with E-state index < -0.39 is 52.6 Å². The second kappa shape index (κ2) is 11.0. The third kappa shape index (κ3) is 5.99. The molecule has 35 heavy (non-hydrogen) atoms. The molecule has 1 N–H and O–H groups in total. The van der Waals surface area contributed by atoms with Crippen molar-refractivity contribution in [3.63, 3.8) is 0 Å². The van der Waals surface area contributed by atoms with Crippen LogP contribution in [-0.4, -0.2) is 52.9 Å². The molecular weight excluding hydrogens is 523 g/mol. The average Bonchev–Trinajstić information content (AvgIpc) is 2.86. The maximum atomic E-state index is 12.9. The highest BCUT2D eigenvalue weighted by Crippen LogP contribution is 2.38. The summed E-state index contributed by atoms with van der Waals surface area (Å²) in [7, 11) is 0. The molecule has 0 aliphatic carbocycles. The van der Waals surface area contributed by atoms with E-state index in [9.17, 15) is 10.3 Å². The quantitative estimate of drug-likeness (QED) is 0.106. The van der Waals surface area contributed by atoms with Crippen molar-refractivity contribution in [3.05, 3.63) is 82.2 Å². The summed E-state index contributed by atoms with van der Waals surface area (Å²) in [5.41, 5.74) is 10.2. The first kappa shape index (κ1) is 25.5. The predicted octanol–water partition coefficient (Wildman–Crippen LogP) is 5.09. The van der Waals surface area contributed by atoms with Crippen LogP contribution in [0, 0.1) is 5.41 Å². The molecule has 2 aliphatic rings. The molecule has 2 aliphatic heterocycles. The smallest absolute Gasteiger partial charge is 0.338 e. The lowest BCUT2D eigenvalue weighted by Crippen LogP contribution is -2.63. The summed E-state index contributed by atoms with van der Waals surface area (Å²) in [5, 5.41) is 11.6. The Morgan fingerprint density at radius 3 is 2.34 bits per heavy atom. The van der Waals surface area contributed by atoms with Crippen LogP contribution in [0.5, 0.6) is 0 Å². The number of ether oxygens (including phenoxy) is 5. The van der Waals surface area contributed by atoms with Gasteiger partial charge in [-0.1, -0.05) is 88.4 Å². The molecule has 0 spiro atoms. The monoisotopic (exact) mass is 540 g/mol. The topological polar surface area (TPSA) is 136 Å². The van der Waals surface area contributed by atoms with Crippen molar-refractivity contribution in [1.82, 2.24) is 0 Å². The average molecular weight is 542 g/mol. The summed E-state index contributed by atoms with van der Waals surface area (Å²) < 4.78 is 26.8. The van der Waals surface area contributed by atoms with Crippen LogP contribution in [0.1, 0.15) is 22.2 Å². The zero-order valence-electron chi connectivity index (χ0n) is 17.9. The summed E-state index contributed by atoms with van der Waals surface area (Å²) in [6.07, 6.45) is -5.12. The van der Waals surface area contributed by atoms with Crippen LogP contribution < -0.4 is 0 Å². The molecule has 4 rings (SSSR count). The lowest BCUT2D eigenvalue weighted by atomic mass is 9.95. The number of azide groups is 1. The summed E-state index contributed by atoms with van der Waals surface area (Å²) in [6, 6.07) is 16.1. The van der Waals surface area contributed by atoms with Crippen molar-refractivity contribution in [1.29, 1.82) is 5.41 Å². The first-order valence-corrected chi connectivity index (χ1v) is 11.5. The van der Waals surface area contributed by atoms with E-state index in [1.165, 1.54) is 0 Å². The lowest BCUT2D eigenvalue weighted by molar-refractivity contribution is -0.332. The number of esters is 1. The number of fused-ring (bicyclic) bond motifs is 1. The number of hydrogen-bond donors (Lipinski definition) is 1. The minimum Gasteiger partial charge on any atom is -0.455 e. The number of halogens is 3. The zero-order chi connectivity index (χ0) is 25.0. The van der Waals surface area contributed by atoms with Gasteiger partial charge in [-0.05, 0) is 17.7 Å². The Morgan fingerprint density at radius 2 is 1.71 bits per heavy atom. The van der Waals surface area contributed by atoms with Crippen molar-refractivity contribution in [2.75, 3.05) is 6.61 Å². The summed E-state index contributed by atoms with van der Waals surface area (Å²) >= 11 is 17.2. The number of nitrogens with one attached hydrogen (secondary N) is 1. The van der Waals surface area contributed by atoms with Crippen LogP contribution in [0.2, 0.25) is 0 Å². The molecule has 0 aromatic heterocycles. The largest absolute Gasteiger partial charge is 0.455 e. The van der Waals surface area contributed by atoms with Gasteiger partial charge in [-0.2, -0.15) is 0 Å². The molecule has 0 saturated carbocycles. The first-order chi connectivity index (χ1) is 16.8. The van der Waals surface area contributed by atoms with E-state index in [1.807, 2.05) is 30.3 Å². The molecule has 2 fully saturated rings. The van der Waals surface area contributed by atoms with Crippen molar-refractivity contribution < 1.29 is 28.5 Å². The van der Waals surface area contributed by atoms with Gasteiger partial charge in [-0.15, -0.1) is 0 Å². The zero-order valence-corrected chi connectivity index (χ0v) is 20.1. The van der Waals surface area contributed by atoms with Gasteiger partial charge in [0, 0.05) is 10.5 Å². The van der Waals surface area contributed by atoms with E-state index in [2.05, 4.69) is 10.0 Å².